The Morgan fingerprint density at radius 3 is 2.43 bits per heavy atom. The van der Waals surface area contributed by atoms with Crippen LogP contribution in [0.3, 0.4) is 0 Å². The van der Waals surface area contributed by atoms with Crippen LogP contribution in [0, 0.1) is 0 Å². The molecule has 0 radical (unpaired) electrons. The highest BCUT2D eigenvalue weighted by atomic mass is 16.3. The number of rotatable bonds is 6. The molecule has 84 valence electrons. The minimum atomic E-state index is -0.456. The lowest BCUT2D eigenvalue weighted by molar-refractivity contribution is -0.130. The van der Waals surface area contributed by atoms with Gasteiger partial charge in [0.25, 0.3) is 0 Å². The lowest BCUT2D eigenvalue weighted by atomic mass is 10.3. The Hall–Kier alpha value is -0.610. The van der Waals surface area contributed by atoms with E-state index < -0.39 is 6.10 Å². The number of nitrogens with one attached hydrogen (secondary N) is 1. The Morgan fingerprint density at radius 2 is 2.00 bits per heavy atom. The van der Waals surface area contributed by atoms with Crippen molar-refractivity contribution in [3.8, 4) is 0 Å². The third kappa shape index (κ3) is 6.86. The molecule has 4 heteroatoms. The first-order valence-electron chi connectivity index (χ1n) is 5.09. The van der Waals surface area contributed by atoms with Gasteiger partial charge in [-0.3, -0.25) is 4.79 Å². The van der Waals surface area contributed by atoms with E-state index in [1.165, 1.54) is 0 Å². The zero-order valence-electron chi connectivity index (χ0n) is 9.58. The first kappa shape index (κ1) is 13.4. The molecule has 0 aromatic rings. The molecule has 1 amide bonds. The summed E-state index contributed by atoms with van der Waals surface area (Å²) in [4.78, 5) is 13.0. The molecule has 1 unspecified atom stereocenters. The maximum absolute atomic E-state index is 11.4. The van der Waals surface area contributed by atoms with Crippen molar-refractivity contribution in [3.63, 3.8) is 0 Å². The maximum Gasteiger partial charge on any atom is 0.223 e. The smallest absolute Gasteiger partial charge is 0.223 e. The van der Waals surface area contributed by atoms with Crippen LogP contribution in [0.5, 0.6) is 0 Å². The summed E-state index contributed by atoms with van der Waals surface area (Å²) in [7, 11) is 1.71. The summed E-state index contributed by atoms with van der Waals surface area (Å²) in [5.74, 6) is 0.0686. The van der Waals surface area contributed by atoms with E-state index in [1.807, 2.05) is 13.8 Å². The first-order chi connectivity index (χ1) is 6.43. The standard InChI is InChI=1S/C10H22N2O2/c1-8(2)11-6-5-10(14)12(4)7-9(3)13/h8-9,11,13H,5-7H2,1-4H3. The fraction of sp³-hybridized carbons (Fsp3) is 0.900. The number of carbonyl (C=O) groups excluding carboxylic acids is 1. The molecule has 0 aliphatic carbocycles. The molecule has 0 rings (SSSR count). The zero-order valence-corrected chi connectivity index (χ0v) is 9.58. The highest BCUT2D eigenvalue weighted by molar-refractivity contribution is 5.76. The summed E-state index contributed by atoms with van der Waals surface area (Å²) in [5.41, 5.74) is 0. The Labute approximate surface area is 86.3 Å². The van der Waals surface area contributed by atoms with Crippen LogP contribution in [0.1, 0.15) is 27.2 Å². The molecule has 0 aliphatic heterocycles. The molecule has 0 heterocycles. The fourth-order valence-corrected chi connectivity index (χ4v) is 1.16. The van der Waals surface area contributed by atoms with Gasteiger partial charge >= 0.3 is 0 Å². The van der Waals surface area contributed by atoms with Gasteiger partial charge in [-0.15, -0.1) is 0 Å². The van der Waals surface area contributed by atoms with Crippen molar-refractivity contribution in [2.24, 2.45) is 0 Å². The van der Waals surface area contributed by atoms with Gasteiger partial charge in [-0.25, -0.2) is 0 Å². The molecule has 4 nitrogen and oxygen atoms in total. The minimum Gasteiger partial charge on any atom is -0.392 e. The summed E-state index contributed by atoms with van der Waals surface area (Å²) in [6.07, 6.45) is 0.0310. The van der Waals surface area contributed by atoms with Crippen LogP contribution in [0.15, 0.2) is 0 Å². The van der Waals surface area contributed by atoms with E-state index in [2.05, 4.69) is 5.32 Å². The summed E-state index contributed by atoms with van der Waals surface area (Å²) >= 11 is 0. The van der Waals surface area contributed by atoms with Crippen molar-refractivity contribution in [2.45, 2.75) is 39.3 Å². The number of nitrogens with zero attached hydrogens (tertiary/aromatic N) is 1. The summed E-state index contributed by atoms with van der Waals surface area (Å²) < 4.78 is 0. The monoisotopic (exact) mass is 202 g/mol. The lowest BCUT2D eigenvalue weighted by Gasteiger charge is -2.19. The number of aliphatic hydroxyl groups excluding tert-OH is 1. The number of aliphatic hydroxyl groups is 1. The van der Waals surface area contributed by atoms with Crippen molar-refractivity contribution in [1.29, 1.82) is 0 Å². The number of carbonyl (C=O) groups is 1. The predicted molar refractivity (Wildman–Crippen MR) is 57.1 cm³/mol. The van der Waals surface area contributed by atoms with Gasteiger partial charge in [0, 0.05) is 32.6 Å². The topological polar surface area (TPSA) is 52.6 Å². The molecule has 0 fully saturated rings. The predicted octanol–water partition coefficient (Wildman–Crippen LogP) is 0.214. The van der Waals surface area contributed by atoms with E-state index in [0.29, 0.717) is 25.6 Å². The van der Waals surface area contributed by atoms with Gasteiger partial charge in [-0.2, -0.15) is 0 Å². The van der Waals surface area contributed by atoms with Crippen LogP contribution >= 0.6 is 0 Å². The van der Waals surface area contributed by atoms with Gasteiger partial charge in [-0.05, 0) is 6.92 Å². The Bertz CT molecular complexity index is 170. The molecule has 0 aromatic carbocycles. The highest BCUT2D eigenvalue weighted by Gasteiger charge is 2.10. The van der Waals surface area contributed by atoms with E-state index in [0.717, 1.165) is 0 Å². The first-order valence-corrected chi connectivity index (χ1v) is 5.09. The van der Waals surface area contributed by atoms with Gasteiger partial charge in [0.2, 0.25) is 5.91 Å². The molecule has 2 N–H and O–H groups in total. The quantitative estimate of drug-likeness (QED) is 0.647. The van der Waals surface area contributed by atoms with E-state index >= 15 is 0 Å². The highest BCUT2D eigenvalue weighted by Crippen LogP contribution is 1.93. The molecule has 0 spiro atoms. The summed E-state index contributed by atoms with van der Waals surface area (Å²) in [5, 5.41) is 12.3. The number of hydrogen-bond donors (Lipinski definition) is 2. The normalized spacial score (nSPS) is 13.0. The molecular weight excluding hydrogens is 180 g/mol. The number of likely N-dealkylation sites (N-methyl/N-ethyl adjacent to an activating group) is 1. The van der Waals surface area contributed by atoms with Gasteiger partial charge in [0.05, 0.1) is 6.10 Å². The van der Waals surface area contributed by atoms with E-state index in [1.54, 1.807) is 18.9 Å². The second-order valence-electron chi connectivity index (χ2n) is 3.98. The SMILES string of the molecule is CC(O)CN(C)C(=O)CCNC(C)C. The van der Waals surface area contributed by atoms with Crippen LogP contribution < -0.4 is 5.32 Å². The third-order valence-electron chi connectivity index (χ3n) is 1.86. The number of hydrogen-bond acceptors (Lipinski definition) is 3. The van der Waals surface area contributed by atoms with Crippen molar-refractivity contribution in [2.75, 3.05) is 20.1 Å². The van der Waals surface area contributed by atoms with Crippen LogP contribution in [-0.4, -0.2) is 48.2 Å². The average Bonchev–Trinajstić information content (AvgIpc) is 2.01. The molecule has 0 saturated heterocycles. The van der Waals surface area contributed by atoms with Gasteiger partial charge in [0.1, 0.15) is 0 Å². The van der Waals surface area contributed by atoms with Crippen molar-refractivity contribution in [1.82, 2.24) is 10.2 Å². The van der Waals surface area contributed by atoms with E-state index in [-0.39, 0.29) is 5.91 Å². The van der Waals surface area contributed by atoms with Gasteiger partial charge in [-0.1, -0.05) is 13.8 Å². The van der Waals surface area contributed by atoms with E-state index in [9.17, 15) is 4.79 Å². The molecule has 0 aromatic heterocycles. The molecule has 0 aliphatic rings. The molecular formula is C10H22N2O2. The number of amides is 1. The third-order valence-corrected chi connectivity index (χ3v) is 1.86. The largest absolute Gasteiger partial charge is 0.392 e. The molecule has 1 atom stereocenters. The summed E-state index contributed by atoms with van der Waals surface area (Å²) in [6.45, 7) is 6.87. The minimum absolute atomic E-state index is 0.0686. The average molecular weight is 202 g/mol. The van der Waals surface area contributed by atoms with Gasteiger partial charge in [0.15, 0.2) is 0 Å². The van der Waals surface area contributed by atoms with Crippen LogP contribution in [0.4, 0.5) is 0 Å². The van der Waals surface area contributed by atoms with Crippen molar-refractivity contribution in [3.05, 3.63) is 0 Å². The molecule has 14 heavy (non-hydrogen) atoms. The van der Waals surface area contributed by atoms with Crippen LogP contribution in [0.25, 0.3) is 0 Å². The second-order valence-corrected chi connectivity index (χ2v) is 3.98. The van der Waals surface area contributed by atoms with Crippen molar-refractivity contribution >= 4 is 5.91 Å². The lowest BCUT2D eigenvalue weighted by Crippen LogP contribution is -2.35. The van der Waals surface area contributed by atoms with Crippen molar-refractivity contribution < 1.29 is 9.90 Å². The fourth-order valence-electron chi connectivity index (χ4n) is 1.16. The van der Waals surface area contributed by atoms with Crippen LogP contribution in [-0.2, 0) is 4.79 Å². The second kappa shape index (κ2) is 6.79. The molecule has 0 bridgehead atoms. The Balaban J connectivity index is 3.62. The Kier molecular flexibility index (Phi) is 6.49. The summed E-state index contributed by atoms with van der Waals surface area (Å²) in [6, 6.07) is 0.407. The van der Waals surface area contributed by atoms with Crippen LogP contribution in [0.2, 0.25) is 0 Å². The van der Waals surface area contributed by atoms with Gasteiger partial charge < -0.3 is 15.3 Å². The molecule has 0 saturated carbocycles. The van der Waals surface area contributed by atoms with E-state index in [4.69, 9.17) is 5.11 Å². The Morgan fingerprint density at radius 1 is 1.43 bits per heavy atom. The maximum atomic E-state index is 11.4. The zero-order chi connectivity index (χ0) is 11.1.